The number of rotatable bonds is 6. The number of halogens is 1. The zero-order chi connectivity index (χ0) is 16.1. The molecule has 0 amide bonds. The van der Waals surface area contributed by atoms with Crippen LogP contribution in [0.4, 0.5) is 15.2 Å². The van der Waals surface area contributed by atoms with Crippen molar-refractivity contribution in [3.8, 4) is 0 Å². The topological polar surface area (TPSA) is 58.0 Å². The van der Waals surface area contributed by atoms with Crippen molar-refractivity contribution in [2.45, 2.75) is 10.4 Å². The number of nitrogens with one attached hydrogen (secondary N) is 1. The van der Waals surface area contributed by atoms with Crippen LogP contribution in [0.25, 0.3) is 0 Å². The molecular formula is C16H14FN3OS2. The van der Waals surface area contributed by atoms with Crippen molar-refractivity contribution in [1.82, 2.24) is 10.2 Å². The average molecular weight is 347 g/mol. The summed E-state index contributed by atoms with van der Waals surface area (Å²) in [4.78, 5) is 0. The number of aromatic nitrogens is 2. The quantitative estimate of drug-likeness (QED) is 0.653. The Bertz CT molecular complexity index is 767. The number of anilines is 2. The lowest BCUT2D eigenvalue weighted by atomic mass is 10.1. The molecule has 0 fully saturated rings. The van der Waals surface area contributed by atoms with Crippen LogP contribution < -0.4 is 5.32 Å². The molecule has 0 saturated heterocycles. The van der Waals surface area contributed by atoms with E-state index in [2.05, 4.69) is 15.5 Å². The Kier molecular flexibility index (Phi) is 5.22. The van der Waals surface area contributed by atoms with Crippen LogP contribution in [0.15, 0.2) is 58.9 Å². The van der Waals surface area contributed by atoms with E-state index in [-0.39, 0.29) is 5.82 Å². The maximum atomic E-state index is 13.2. The summed E-state index contributed by atoms with van der Waals surface area (Å²) in [5, 5.41) is 22.1. The van der Waals surface area contributed by atoms with Gasteiger partial charge in [0.05, 0.1) is 6.10 Å². The number of para-hydroxylation sites is 1. The van der Waals surface area contributed by atoms with E-state index in [1.165, 1.54) is 35.2 Å². The van der Waals surface area contributed by atoms with E-state index >= 15 is 0 Å². The second-order valence-corrected chi connectivity index (χ2v) is 6.99. The molecule has 1 atom stereocenters. The van der Waals surface area contributed by atoms with Crippen LogP contribution in [0, 0.1) is 5.82 Å². The van der Waals surface area contributed by atoms with Gasteiger partial charge in [0.25, 0.3) is 0 Å². The molecule has 2 aromatic carbocycles. The maximum Gasteiger partial charge on any atom is 0.210 e. The van der Waals surface area contributed by atoms with Gasteiger partial charge in [-0.25, -0.2) is 4.39 Å². The van der Waals surface area contributed by atoms with Gasteiger partial charge in [-0.2, -0.15) is 0 Å². The predicted octanol–water partition coefficient (Wildman–Crippen LogP) is 4.25. The van der Waals surface area contributed by atoms with Crippen LogP contribution in [0.2, 0.25) is 0 Å². The van der Waals surface area contributed by atoms with Gasteiger partial charge in [0.15, 0.2) is 4.34 Å². The van der Waals surface area contributed by atoms with E-state index in [1.807, 2.05) is 30.3 Å². The summed E-state index contributed by atoms with van der Waals surface area (Å²) in [6, 6.07) is 15.7. The first-order chi connectivity index (χ1) is 11.2. The lowest BCUT2D eigenvalue weighted by molar-refractivity contribution is 0.203. The van der Waals surface area contributed by atoms with Gasteiger partial charge < -0.3 is 10.4 Å². The summed E-state index contributed by atoms with van der Waals surface area (Å²) in [7, 11) is 0. The zero-order valence-corrected chi connectivity index (χ0v) is 13.6. The molecule has 0 bridgehead atoms. The van der Waals surface area contributed by atoms with Crippen LogP contribution in [-0.4, -0.2) is 21.1 Å². The largest absolute Gasteiger partial charge is 0.388 e. The first-order valence-electron chi connectivity index (χ1n) is 6.92. The lowest BCUT2D eigenvalue weighted by Gasteiger charge is -2.09. The highest BCUT2D eigenvalue weighted by molar-refractivity contribution is 8.01. The number of benzene rings is 2. The van der Waals surface area contributed by atoms with Crippen LogP contribution in [0.1, 0.15) is 11.7 Å². The molecule has 4 nitrogen and oxygen atoms in total. The summed E-state index contributed by atoms with van der Waals surface area (Å²) >= 11 is 2.81. The molecule has 1 heterocycles. The second kappa shape index (κ2) is 7.54. The van der Waals surface area contributed by atoms with Crippen molar-refractivity contribution < 1.29 is 9.50 Å². The van der Waals surface area contributed by atoms with Gasteiger partial charge in [-0.3, -0.25) is 0 Å². The monoisotopic (exact) mass is 347 g/mol. The number of nitrogens with zero attached hydrogens (tertiary/aromatic N) is 2. The van der Waals surface area contributed by atoms with Gasteiger partial charge in [-0.15, -0.1) is 10.2 Å². The number of hydrogen-bond donors (Lipinski definition) is 2. The maximum absolute atomic E-state index is 13.2. The second-order valence-electron chi connectivity index (χ2n) is 4.75. The van der Waals surface area contributed by atoms with E-state index < -0.39 is 6.10 Å². The van der Waals surface area contributed by atoms with Crippen molar-refractivity contribution in [3.05, 3.63) is 66.0 Å². The fraction of sp³-hybridized carbons (Fsp3) is 0.125. The minimum absolute atomic E-state index is 0.350. The van der Waals surface area contributed by atoms with Crippen molar-refractivity contribution in [1.29, 1.82) is 0 Å². The Balaban J connectivity index is 1.57. The van der Waals surface area contributed by atoms with Gasteiger partial charge in [0.1, 0.15) is 5.82 Å². The molecule has 0 spiro atoms. The van der Waals surface area contributed by atoms with Gasteiger partial charge in [0.2, 0.25) is 5.13 Å². The van der Waals surface area contributed by atoms with E-state index in [4.69, 9.17) is 0 Å². The molecule has 0 radical (unpaired) electrons. The minimum Gasteiger partial charge on any atom is -0.388 e. The van der Waals surface area contributed by atoms with Crippen LogP contribution in [-0.2, 0) is 0 Å². The highest BCUT2D eigenvalue weighted by atomic mass is 32.2. The summed E-state index contributed by atoms with van der Waals surface area (Å²) in [6.07, 6.45) is -0.745. The number of thioether (sulfide) groups is 1. The summed E-state index contributed by atoms with van der Waals surface area (Å²) in [6.45, 7) is 0. The molecule has 2 N–H and O–H groups in total. The van der Waals surface area contributed by atoms with Crippen molar-refractivity contribution in [3.63, 3.8) is 0 Å². The Hall–Kier alpha value is -1.96. The predicted molar refractivity (Wildman–Crippen MR) is 91.7 cm³/mol. The van der Waals surface area contributed by atoms with Crippen LogP contribution >= 0.6 is 23.1 Å². The zero-order valence-electron chi connectivity index (χ0n) is 12.0. The van der Waals surface area contributed by atoms with E-state index in [1.54, 1.807) is 12.1 Å². The van der Waals surface area contributed by atoms with Crippen molar-refractivity contribution >= 4 is 33.9 Å². The third kappa shape index (κ3) is 4.51. The highest BCUT2D eigenvalue weighted by Gasteiger charge is 2.11. The normalized spacial score (nSPS) is 12.1. The molecule has 0 aliphatic heterocycles. The molecule has 1 unspecified atom stereocenters. The van der Waals surface area contributed by atoms with E-state index in [0.29, 0.717) is 16.4 Å². The standard InChI is InChI=1S/C16H14FN3OS2/c17-12-6-4-5-11(9-12)14(21)10-22-16-20-19-15(23-16)18-13-7-2-1-3-8-13/h1-9,14,21H,10H2,(H,18,19). The third-order valence-corrected chi connectivity index (χ3v) is 5.08. The van der Waals surface area contributed by atoms with E-state index in [0.717, 1.165) is 10.0 Å². The minimum atomic E-state index is -0.745. The fourth-order valence-electron chi connectivity index (χ4n) is 1.92. The molecular weight excluding hydrogens is 333 g/mol. The molecule has 23 heavy (non-hydrogen) atoms. The number of aliphatic hydroxyl groups excluding tert-OH is 1. The Morgan fingerprint density at radius 2 is 1.96 bits per heavy atom. The Morgan fingerprint density at radius 1 is 1.13 bits per heavy atom. The summed E-state index contributed by atoms with van der Waals surface area (Å²) in [5.41, 5.74) is 1.50. The lowest BCUT2D eigenvalue weighted by Crippen LogP contribution is -2.00. The molecule has 7 heteroatoms. The molecule has 118 valence electrons. The molecule has 0 aliphatic rings. The van der Waals surface area contributed by atoms with E-state index in [9.17, 15) is 9.50 Å². The van der Waals surface area contributed by atoms with Crippen LogP contribution in [0.5, 0.6) is 0 Å². The molecule has 0 aliphatic carbocycles. The summed E-state index contributed by atoms with van der Waals surface area (Å²) in [5.74, 6) is 0.0421. The average Bonchev–Trinajstić information content (AvgIpc) is 3.01. The third-order valence-electron chi connectivity index (χ3n) is 3.03. The Morgan fingerprint density at radius 3 is 2.74 bits per heavy atom. The first kappa shape index (κ1) is 15.9. The molecule has 1 aromatic heterocycles. The Labute approximate surface area is 141 Å². The smallest absolute Gasteiger partial charge is 0.210 e. The highest BCUT2D eigenvalue weighted by Crippen LogP contribution is 2.30. The molecule has 3 aromatic rings. The number of aliphatic hydroxyl groups is 1. The van der Waals surface area contributed by atoms with Crippen LogP contribution in [0.3, 0.4) is 0 Å². The van der Waals surface area contributed by atoms with Gasteiger partial charge in [-0.05, 0) is 29.8 Å². The van der Waals surface area contributed by atoms with Gasteiger partial charge >= 0.3 is 0 Å². The first-order valence-corrected chi connectivity index (χ1v) is 8.73. The molecule has 3 rings (SSSR count). The van der Waals surface area contributed by atoms with Gasteiger partial charge in [-0.1, -0.05) is 53.4 Å². The SMILES string of the molecule is OC(CSc1nnc(Nc2ccccc2)s1)c1cccc(F)c1. The van der Waals surface area contributed by atoms with Crippen molar-refractivity contribution in [2.24, 2.45) is 0 Å². The fourth-order valence-corrected chi connectivity index (χ4v) is 3.69. The summed E-state index contributed by atoms with van der Waals surface area (Å²) < 4.78 is 13.9. The number of hydrogen-bond acceptors (Lipinski definition) is 6. The van der Waals surface area contributed by atoms with Crippen molar-refractivity contribution in [2.75, 3.05) is 11.1 Å². The van der Waals surface area contributed by atoms with Gasteiger partial charge in [0, 0.05) is 11.4 Å². The molecule has 0 saturated carbocycles.